The molecule has 1 aliphatic rings. The van der Waals surface area contributed by atoms with E-state index in [1.807, 2.05) is 12.3 Å². The molecule has 0 aromatic carbocycles. The number of likely N-dealkylation sites (tertiary alicyclic amines) is 1. The summed E-state index contributed by atoms with van der Waals surface area (Å²) in [6.45, 7) is 4.33. The number of carbonyl (C=O) groups is 1. The number of aryl methyl sites for hydroxylation is 1. The summed E-state index contributed by atoms with van der Waals surface area (Å²) in [4.78, 5) is 17.5. The molecule has 0 amide bonds. The van der Waals surface area contributed by atoms with Crippen LogP contribution in [-0.2, 0) is 11.3 Å². The van der Waals surface area contributed by atoms with Crippen LogP contribution in [0.25, 0.3) is 0 Å². The Labute approximate surface area is 83.8 Å². The Morgan fingerprint density at radius 2 is 2.43 bits per heavy atom. The lowest BCUT2D eigenvalue weighted by Gasteiger charge is -2.12. The number of hydrogen-bond donors (Lipinski definition) is 0. The van der Waals surface area contributed by atoms with Crippen molar-refractivity contribution in [3.05, 3.63) is 29.6 Å². The lowest BCUT2D eigenvalue weighted by atomic mass is 10.2. The van der Waals surface area contributed by atoms with Crippen LogP contribution in [0.5, 0.6) is 0 Å². The van der Waals surface area contributed by atoms with Gasteiger partial charge < -0.3 is 0 Å². The molecule has 0 saturated carbocycles. The van der Waals surface area contributed by atoms with Crippen LogP contribution in [0.15, 0.2) is 18.3 Å². The topological polar surface area (TPSA) is 33.2 Å². The van der Waals surface area contributed by atoms with E-state index < -0.39 is 0 Å². The normalized spacial score (nSPS) is 17.6. The van der Waals surface area contributed by atoms with Gasteiger partial charge in [-0.3, -0.25) is 14.7 Å². The highest BCUT2D eigenvalue weighted by Gasteiger charge is 2.19. The van der Waals surface area contributed by atoms with Crippen molar-refractivity contribution in [1.82, 2.24) is 9.88 Å². The second-order valence-electron chi connectivity index (χ2n) is 3.82. The van der Waals surface area contributed by atoms with Gasteiger partial charge in [0, 0.05) is 25.7 Å². The predicted molar refractivity (Wildman–Crippen MR) is 53.9 cm³/mol. The van der Waals surface area contributed by atoms with Gasteiger partial charge in [-0.05, 0) is 24.6 Å². The highest BCUT2D eigenvalue weighted by molar-refractivity contribution is 5.82. The summed E-state index contributed by atoms with van der Waals surface area (Å²) in [6.07, 6.45) is 2.52. The first kappa shape index (κ1) is 9.34. The van der Waals surface area contributed by atoms with Crippen LogP contribution in [0.3, 0.4) is 0 Å². The second kappa shape index (κ2) is 3.88. The fraction of sp³-hybridized carbons (Fsp3) is 0.455. The first-order valence-corrected chi connectivity index (χ1v) is 4.89. The maximum absolute atomic E-state index is 11.0. The van der Waals surface area contributed by atoms with Crippen LogP contribution >= 0.6 is 0 Å². The monoisotopic (exact) mass is 190 g/mol. The highest BCUT2D eigenvalue weighted by atomic mass is 16.1. The molecule has 0 spiro atoms. The molecular formula is C11H14N2O. The van der Waals surface area contributed by atoms with Gasteiger partial charge in [0.1, 0.15) is 5.78 Å². The molecule has 0 aliphatic carbocycles. The van der Waals surface area contributed by atoms with E-state index in [0.717, 1.165) is 18.8 Å². The molecular weight excluding hydrogens is 176 g/mol. The van der Waals surface area contributed by atoms with Crippen LogP contribution < -0.4 is 0 Å². The molecule has 3 nitrogen and oxygen atoms in total. The molecule has 2 rings (SSSR count). The zero-order valence-corrected chi connectivity index (χ0v) is 8.36. The minimum absolute atomic E-state index is 0.345. The summed E-state index contributed by atoms with van der Waals surface area (Å²) >= 11 is 0. The number of nitrogens with zero attached hydrogens (tertiary/aromatic N) is 2. The molecule has 3 heteroatoms. The first-order chi connectivity index (χ1) is 6.74. The van der Waals surface area contributed by atoms with E-state index in [2.05, 4.69) is 22.9 Å². The van der Waals surface area contributed by atoms with Crippen LogP contribution in [0, 0.1) is 6.92 Å². The van der Waals surface area contributed by atoms with Crippen LogP contribution in [0.2, 0.25) is 0 Å². The lowest BCUT2D eigenvalue weighted by Crippen LogP contribution is -2.20. The minimum atomic E-state index is 0.345. The van der Waals surface area contributed by atoms with Crippen molar-refractivity contribution < 1.29 is 4.79 Å². The average molecular weight is 190 g/mol. The van der Waals surface area contributed by atoms with Gasteiger partial charge in [0.15, 0.2) is 0 Å². The Hall–Kier alpha value is -1.22. The largest absolute Gasteiger partial charge is 0.298 e. The molecule has 1 saturated heterocycles. The highest BCUT2D eigenvalue weighted by Crippen LogP contribution is 2.09. The smallest absolute Gasteiger partial charge is 0.148 e. The molecule has 0 atom stereocenters. The van der Waals surface area contributed by atoms with E-state index in [0.29, 0.717) is 18.7 Å². The number of ketones is 1. The van der Waals surface area contributed by atoms with Crippen molar-refractivity contribution in [3.8, 4) is 0 Å². The van der Waals surface area contributed by atoms with Gasteiger partial charge in [0.05, 0.1) is 12.2 Å². The van der Waals surface area contributed by atoms with Gasteiger partial charge in [0.2, 0.25) is 0 Å². The summed E-state index contributed by atoms with van der Waals surface area (Å²) in [6, 6.07) is 4.06. The van der Waals surface area contributed by atoms with E-state index in [1.165, 1.54) is 5.56 Å². The Balaban J connectivity index is 2.00. The van der Waals surface area contributed by atoms with Gasteiger partial charge >= 0.3 is 0 Å². The third-order valence-electron chi connectivity index (χ3n) is 2.46. The van der Waals surface area contributed by atoms with Crippen molar-refractivity contribution in [2.75, 3.05) is 13.1 Å². The van der Waals surface area contributed by atoms with Gasteiger partial charge in [-0.15, -0.1) is 0 Å². The summed E-state index contributed by atoms with van der Waals surface area (Å²) < 4.78 is 0. The summed E-state index contributed by atoms with van der Waals surface area (Å²) in [7, 11) is 0. The zero-order valence-electron chi connectivity index (χ0n) is 8.36. The maximum atomic E-state index is 11.0. The fourth-order valence-electron chi connectivity index (χ4n) is 1.74. The van der Waals surface area contributed by atoms with E-state index in [4.69, 9.17) is 0 Å². The zero-order chi connectivity index (χ0) is 9.97. The number of pyridine rings is 1. The minimum Gasteiger partial charge on any atom is -0.298 e. The van der Waals surface area contributed by atoms with Crippen molar-refractivity contribution in [2.45, 2.75) is 19.9 Å². The molecule has 0 unspecified atom stereocenters. The average Bonchev–Trinajstić information content (AvgIpc) is 2.51. The van der Waals surface area contributed by atoms with Crippen LogP contribution in [0.1, 0.15) is 17.7 Å². The Morgan fingerprint density at radius 1 is 1.57 bits per heavy atom. The van der Waals surface area contributed by atoms with Gasteiger partial charge in [-0.1, -0.05) is 0 Å². The van der Waals surface area contributed by atoms with Gasteiger partial charge in [-0.25, -0.2) is 0 Å². The molecule has 0 bridgehead atoms. The van der Waals surface area contributed by atoms with E-state index >= 15 is 0 Å². The van der Waals surface area contributed by atoms with Crippen molar-refractivity contribution >= 4 is 5.78 Å². The van der Waals surface area contributed by atoms with Crippen molar-refractivity contribution in [1.29, 1.82) is 0 Å². The summed E-state index contributed by atoms with van der Waals surface area (Å²) in [5.74, 6) is 0.345. The standard InChI is InChI=1S/C11H14N2O/c1-9-2-4-12-10(6-9)7-13-5-3-11(14)8-13/h2,4,6H,3,5,7-8H2,1H3. The number of rotatable bonds is 2. The summed E-state index contributed by atoms with van der Waals surface area (Å²) in [5, 5.41) is 0. The van der Waals surface area contributed by atoms with E-state index in [-0.39, 0.29) is 0 Å². The molecule has 1 aromatic heterocycles. The SMILES string of the molecule is Cc1ccnc(CN2CCC(=O)C2)c1. The number of aromatic nitrogens is 1. The molecule has 1 aliphatic heterocycles. The first-order valence-electron chi connectivity index (χ1n) is 4.89. The quantitative estimate of drug-likeness (QED) is 0.701. The Bertz CT molecular complexity index is 349. The number of Topliss-reactive ketones (excluding diaryl/α,β-unsaturated/α-hetero) is 1. The predicted octanol–water partition coefficient (Wildman–Crippen LogP) is 1.16. The number of carbonyl (C=O) groups excluding carboxylic acids is 1. The molecule has 1 fully saturated rings. The van der Waals surface area contributed by atoms with Crippen molar-refractivity contribution in [3.63, 3.8) is 0 Å². The van der Waals surface area contributed by atoms with Gasteiger partial charge in [0.25, 0.3) is 0 Å². The van der Waals surface area contributed by atoms with Crippen molar-refractivity contribution in [2.24, 2.45) is 0 Å². The van der Waals surface area contributed by atoms with Crippen LogP contribution in [-0.4, -0.2) is 28.8 Å². The molecule has 0 N–H and O–H groups in total. The Morgan fingerprint density at radius 3 is 3.07 bits per heavy atom. The van der Waals surface area contributed by atoms with Crippen LogP contribution in [0.4, 0.5) is 0 Å². The van der Waals surface area contributed by atoms with E-state index in [9.17, 15) is 4.79 Å². The fourth-order valence-corrected chi connectivity index (χ4v) is 1.74. The Kier molecular flexibility index (Phi) is 2.59. The molecule has 14 heavy (non-hydrogen) atoms. The van der Waals surface area contributed by atoms with Gasteiger partial charge in [-0.2, -0.15) is 0 Å². The molecule has 2 heterocycles. The molecule has 74 valence electrons. The second-order valence-corrected chi connectivity index (χ2v) is 3.82. The number of hydrogen-bond acceptors (Lipinski definition) is 3. The molecule has 1 aromatic rings. The van der Waals surface area contributed by atoms with E-state index in [1.54, 1.807) is 0 Å². The molecule has 0 radical (unpaired) electrons. The lowest BCUT2D eigenvalue weighted by molar-refractivity contribution is -0.116. The summed E-state index contributed by atoms with van der Waals surface area (Å²) in [5.41, 5.74) is 2.28. The third kappa shape index (κ3) is 2.17. The maximum Gasteiger partial charge on any atom is 0.148 e. The third-order valence-corrected chi connectivity index (χ3v) is 2.46.